The van der Waals surface area contributed by atoms with Crippen LogP contribution in [-0.2, 0) is 9.59 Å². The second kappa shape index (κ2) is 8.31. The van der Waals surface area contributed by atoms with E-state index < -0.39 is 0 Å². The summed E-state index contributed by atoms with van der Waals surface area (Å²) in [5, 5.41) is 5.72. The van der Waals surface area contributed by atoms with E-state index in [4.69, 9.17) is 0 Å². The Labute approximate surface area is 140 Å². The number of anilines is 1. The molecule has 5 nitrogen and oxygen atoms in total. The minimum absolute atomic E-state index is 0.0675. The molecule has 7 heteroatoms. The summed E-state index contributed by atoms with van der Waals surface area (Å²) in [5.74, 6) is -0.291. The van der Waals surface area contributed by atoms with Crippen molar-refractivity contribution in [2.45, 2.75) is 25.1 Å². The quantitative estimate of drug-likeness (QED) is 0.857. The Morgan fingerprint density at radius 2 is 2.13 bits per heavy atom. The molecule has 2 atom stereocenters. The fourth-order valence-electron chi connectivity index (χ4n) is 2.39. The normalized spacial score (nSPS) is 19.3. The van der Waals surface area contributed by atoms with Crippen LogP contribution in [-0.4, -0.2) is 53.4 Å². The molecule has 0 radical (unpaired) electrons. The summed E-state index contributed by atoms with van der Waals surface area (Å²) in [4.78, 5) is 26.1. The van der Waals surface area contributed by atoms with Gasteiger partial charge in [0.15, 0.2) is 0 Å². The van der Waals surface area contributed by atoms with Gasteiger partial charge in [0.2, 0.25) is 11.8 Å². The van der Waals surface area contributed by atoms with Crippen LogP contribution in [0.15, 0.2) is 24.3 Å². The Hall–Kier alpha value is -1.60. The molecule has 1 saturated heterocycles. The van der Waals surface area contributed by atoms with Crippen LogP contribution >= 0.6 is 11.8 Å². The van der Waals surface area contributed by atoms with Crippen molar-refractivity contribution in [1.29, 1.82) is 0 Å². The van der Waals surface area contributed by atoms with Crippen LogP contribution in [0.3, 0.4) is 0 Å². The summed E-state index contributed by atoms with van der Waals surface area (Å²) < 4.78 is 12.8. The third-order valence-electron chi connectivity index (χ3n) is 3.62. The number of piperazine rings is 1. The fraction of sp³-hybridized carbons (Fsp3) is 0.500. The Kier molecular flexibility index (Phi) is 6.41. The summed E-state index contributed by atoms with van der Waals surface area (Å²) >= 11 is 1.31. The molecule has 126 valence electrons. The molecule has 1 aliphatic rings. The molecule has 0 spiro atoms. The van der Waals surface area contributed by atoms with Crippen LogP contribution in [0.2, 0.25) is 0 Å². The van der Waals surface area contributed by atoms with Gasteiger partial charge in [0.1, 0.15) is 5.82 Å². The van der Waals surface area contributed by atoms with Crippen molar-refractivity contribution in [1.82, 2.24) is 10.2 Å². The number of amides is 2. The number of thioether (sulfide) groups is 1. The maximum absolute atomic E-state index is 12.8. The van der Waals surface area contributed by atoms with Crippen LogP contribution in [0.25, 0.3) is 0 Å². The number of carbonyl (C=O) groups is 2. The molecule has 2 unspecified atom stereocenters. The lowest BCUT2D eigenvalue weighted by molar-refractivity contribution is -0.131. The summed E-state index contributed by atoms with van der Waals surface area (Å²) in [6, 6.07) is 5.90. The summed E-state index contributed by atoms with van der Waals surface area (Å²) in [6.45, 7) is 6.08. The van der Waals surface area contributed by atoms with E-state index in [0.717, 1.165) is 6.54 Å². The van der Waals surface area contributed by atoms with Gasteiger partial charge in [0.05, 0.1) is 11.0 Å². The van der Waals surface area contributed by atoms with Crippen LogP contribution < -0.4 is 10.6 Å². The average molecular weight is 339 g/mol. The monoisotopic (exact) mass is 339 g/mol. The zero-order valence-electron chi connectivity index (χ0n) is 13.3. The van der Waals surface area contributed by atoms with Gasteiger partial charge < -0.3 is 15.5 Å². The van der Waals surface area contributed by atoms with Gasteiger partial charge >= 0.3 is 0 Å². The van der Waals surface area contributed by atoms with Crippen molar-refractivity contribution >= 4 is 29.3 Å². The van der Waals surface area contributed by atoms with Gasteiger partial charge in [-0.3, -0.25) is 9.59 Å². The maximum Gasteiger partial charge on any atom is 0.235 e. The Bertz CT molecular complexity index is 553. The molecule has 0 aliphatic carbocycles. The highest BCUT2D eigenvalue weighted by Crippen LogP contribution is 2.16. The first kappa shape index (κ1) is 17.7. The lowest BCUT2D eigenvalue weighted by atomic mass is 10.2. The van der Waals surface area contributed by atoms with Crippen LogP contribution in [0, 0.1) is 5.82 Å². The molecule has 2 amide bonds. The molecule has 1 fully saturated rings. The highest BCUT2D eigenvalue weighted by atomic mass is 32.2. The summed E-state index contributed by atoms with van der Waals surface area (Å²) in [5.41, 5.74) is 0.548. The highest BCUT2D eigenvalue weighted by Gasteiger charge is 2.25. The molecule has 23 heavy (non-hydrogen) atoms. The first-order valence-electron chi connectivity index (χ1n) is 7.65. The largest absolute Gasteiger partial charge is 0.339 e. The second-order valence-electron chi connectivity index (χ2n) is 5.65. The number of nitrogens with one attached hydrogen (secondary N) is 2. The predicted molar refractivity (Wildman–Crippen MR) is 91.0 cm³/mol. The van der Waals surface area contributed by atoms with E-state index in [1.54, 1.807) is 0 Å². The SMILES string of the molecule is CC1CN(C(=O)C(C)SCC(=O)Nc2ccc(F)cc2)CCN1. The van der Waals surface area contributed by atoms with Crippen molar-refractivity contribution in [2.24, 2.45) is 0 Å². The lowest BCUT2D eigenvalue weighted by Gasteiger charge is -2.33. The van der Waals surface area contributed by atoms with E-state index in [0.29, 0.717) is 24.8 Å². The van der Waals surface area contributed by atoms with Crippen LogP contribution in [0.1, 0.15) is 13.8 Å². The molecular formula is C16H22FN3O2S. The van der Waals surface area contributed by atoms with Crippen molar-refractivity contribution in [2.75, 3.05) is 30.7 Å². The smallest absolute Gasteiger partial charge is 0.235 e. The van der Waals surface area contributed by atoms with Crippen molar-refractivity contribution in [3.63, 3.8) is 0 Å². The van der Waals surface area contributed by atoms with E-state index in [1.165, 1.54) is 36.0 Å². The highest BCUT2D eigenvalue weighted by molar-refractivity contribution is 8.01. The first-order chi connectivity index (χ1) is 11.0. The van der Waals surface area contributed by atoms with Gasteiger partial charge in [-0.2, -0.15) is 0 Å². The number of halogens is 1. The lowest BCUT2D eigenvalue weighted by Crippen LogP contribution is -2.53. The zero-order chi connectivity index (χ0) is 16.8. The van der Waals surface area contributed by atoms with Gasteiger partial charge in [-0.25, -0.2) is 4.39 Å². The number of nitrogens with zero attached hydrogens (tertiary/aromatic N) is 1. The van der Waals surface area contributed by atoms with E-state index in [2.05, 4.69) is 10.6 Å². The number of rotatable bonds is 5. The van der Waals surface area contributed by atoms with Gasteiger partial charge in [-0.15, -0.1) is 11.8 Å². The minimum atomic E-state index is -0.346. The van der Waals surface area contributed by atoms with E-state index >= 15 is 0 Å². The zero-order valence-corrected chi connectivity index (χ0v) is 14.2. The molecule has 2 rings (SSSR count). The number of carbonyl (C=O) groups excluding carboxylic acids is 2. The van der Waals surface area contributed by atoms with Crippen molar-refractivity contribution < 1.29 is 14.0 Å². The van der Waals surface area contributed by atoms with Crippen LogP contribution in [0.5, 0.6) is 0 Å². The van der Waals surface area contributed by atoms with Gasteiger partial charge in [0, 0.05) is 31.4 Å². The predicted octanol–water partition coefficient (Wildman–Crippen LogP) is 1.71. The Morgan fingerprint density at radius 1 is 1.43 bits per heavy atom. The van der Waals surface area contributed by atoms with Gasteiger partial charge in [0.25, 0.3) is 0 Å². The van der Waals surface area contributed by atoms with Crippen molar-refractivity contribution in [3.8, 4) is 0 Å². The van der Waals surface area contributed by atoms with Crippen molar-refractivity contribution in [3.05, 3.63) is 30.1 Å². The van der Waals surface area contributed by atoms with Crippen LogP contribution in [0.4, 0.5) is 10.1 Å². The summed E-state index contributed by atoms with van der Waals surface area (Å²) in [7, 11) is 0. The number of hydrogen-bond acceptors (Lipinski definition) is 4. The minimum Gasteiger partial charge on any atom is -0.339 e. The molecule has 0 bridgehead atoms. The number of benzene rings is 1. The molecule has 1 heterocycles. The average Bonchev–Trinajstić information content (AvgIpc) is 2.54. The molecular weight excluding hydrogens is 317 g/mol. The third kappa shape index (κ3) is 5.51. The van der Waals surface area contributed by atoms with Gasteiger partial charge in [-0.05, 0) is 38.1 Å². The molecule has 0 aromatic heterocycles. The molecule has 0 saturated carbocycles. The Balaban J connectivity index is 1.76. The summed E-state index contributed by atoms with van der Waals surface area (Å²) in [6.07, 6.45) is 0. The molecule has 1 aromatic carbocycles. The standard InChI is InChI=1S/C16H22FN3O2S/c1-11-9-20(8-7-18-11)16(22)12(2)23-10-15(21)19-14-5-3-13(17)4-6-14/h3-6,11-12,18H,7-10H2,1-2H3,(H,19,21). The first-order valence-corrected chi connectivity index (χ1v) is 8.70. The fourth-order valence-corrected chi connectivity index (χ4v) is 3.16. The van der Waals surface area contributed by atoms with Gasteiger partial charge in [-0.1, -0.05) is 0 Å². The van der Waals surface area contributed by atoms with E-state index in [9.17, 15) is 14.0 Å². The Morgan fingerprint density at radius 3 is 2.78 bits per heavy atom. The van der Waals surface area contributed by atoms with E-state index in [-0.39, 0.29) is 28.6 Å². The molecule has 2 N–H and O–H groups in total. The van der Waals surface area contributed by atoms with E-state index in [1.807, 2.05) is 18.7 Å². The topological polar surface area (TPSA) is 61.4 Å². The third-order valence-corrected chi connectivity index (χ3v) is 4.75. The molecule has 1 aliphatic heterocycles. The maximum atomic E-state index is 12.8. The molecule has 1 aromatic rings. The number of hydrogen-bond donors (Lipinski definition) is 2. The second-order valence-corrected chi connectivity index (χ2v) is 6.98.